The van der Waals surface area contributed by atoms with Gasteiger partial charge in [0.25, 0.3) is 5.91 Å². The van der Waals surface area contributed by atoms with E-state index in [9.17, 15) is 18.0 Å². The number of fused-ring (bicyclic) bond motifs is 1. The topological polar surface area (TPSA) is 84.7 Å². The molecule has 34 heavy (non-hydrogen) atoms. The Morgan fingerprint density at radius 2 is 1.76 bits per heavy atom. The molecule has 0 N–H and O–H groups in total. The van der Waals surface area contributed by atoms with E-state index in [0.29, 0.717) is 17.4 Å². The monoisotopic (exact) mass is 481 g/mol. The summed E-state index contributed by atoms with van der Waals surface area (Å²) in [5.41, 5.74) is 3.86. The van der Waals surface area contributed by atoms with Gasteiger partial charge in [-0.05, 0) is 54.0 Å². The van der Waals surface area contributed by atoms with Gasteiger partial charge in [0.15, 0.2) is 21.0 Å². The quantitative estimate of drug-likeness (QED) is 0.546. The van der Waals surface area contributed by atoms with E-state index in [4.69, 9.17) is 4.42 Å². The molecule has 4 rings (SSSR count). The Morgan fingerprint density at radius 1 is 1.09 bits per heavy atom. The third kappa shape index (κ3) is 4.94. The molecular formula is C27H31NO5S. The highest BCUT2D eigenvalue weighted by atomic mass is 32.2. The summed E-state index contributed by atoms with van der Waals surface area (Å²) in [5, 5.41) is 0.454. The number of nitrogens with zero attached hydrogens (tertiary/aromatic N) is 1. The molecule has 0 aliphatic carbocycles. The minimum atomic E-state index is -3.21. The van der Waals surface area contributed by atoms with Gasteiger partial charge in [0.2, 0.25) is 0 Å². The number of sulfone groups is 1. The van der Waals surface area contributed by atoms with E-state index in [1.165, 1.54) is 11.6 Å². The largest absolute Gasteiger partial charge is 0.451 e. The van der Waals surface area contributed by atoms with Crippen LogP contribution in [0.2, 0.25) is 0 Å². The smallest absolute Gasteiger partial charge is 0.290 e. The van der Waals surface area contributed by atoms with Gasteiger partial charge in [-0.2, -0.15) is 0 Å². The molecule has 0 saturated carbocycles. The SMILES string of the molecule is Cc1cc(C)c2c(=O)cc(C(=O)N(Cc3ccc(C(C)(C)C)cc3)[C@H]3CCS(=O)(=O)C3)oc2c1. The second-order valence-corrected chi connectivity index (χ2v) is 12.6. The number of aryl methyl sites for hydroxylation is 2. The van der Waals surface area contributed by atoms with Crippen molar-refractivity contribution in [3.8, 4) is 0 Å². The number of benzene rings is 2. The van der Waals surface area contributed by atoms with Crippen LogP contribution in [-0.2, 0) is 21.8 Å². The minimum Gasteiger partial charge on any atom is -0.451 e. The van der Waals surface area contributed by atoms with Gasteiger partial charge in [-0.25, -0.2) is 8.42 Å². The fourth-order valence-electron chi connectivity index (χ4n) is 4.61. The summed E-state index contributed by atoms with van der Waals surface area (Å²) in [7, 11) is -3.21. The first kappa shape index (κ1) is 24.2. The molecular weight excluding hydrogens is 450 g/mol. The van der Waals surface area contributed by atoms with Gasteiger partial charge < -0.3 is 9.32 Å². The molecule has 1 aliphatic heterocycles. The molecule has 1 aliphatic rings. The van der Waals surface area contributed by atoms with Gasteiger partial charge in [0.1, 0.15) is 5.58 Å². The molecule has 1 saturated heterocycles. The molecule has 1 atom stereocenters. The van der Waals surface area contributed by atoms with Gasteiger partial charge in [0, 0.05) is 18.7 Å². The van der Waals surface area contributed by atoms with Crippen LogP contribution in [0.4, 0.5) is 0 Å². The first-order valence-electron chi connectivity index (χ1n) is 11.5. The van der Waals surface area contributed by atoms with Crippen LogP contribution in [0.1, 0.15) is 60.0 Å². The van der Waals surface area contributed by atoms with Crippen LogP contribution in [0.3, 0.4) is 0 Å². The third-order valence-electron chi connectivity index (χ3n) is 6.47. The first-order valence-corrected chi connectivity index (χ1v) is 13.3. The second kappa shape index (κ2) is 8.69. The van der Waals surface area contributed by atoms with Gasteiger partial charge in [-0.3, -0.25) is 9.59 Å². The van der Waals surface area contributed by atoms with E-state index < -0.39 is 21.8 Å². The van der Waals surface area contributed by atoms with Crippen LogP contribution < -0.4 is 5.43 Å². The van der Waals surface area contributed by atoms with Crippen molar-refractivity contribution >= 4 is 26.7 Å². The van der Waals surface area contributed by atoms with Crippen molar-refractivity contribution in [2.24, 2.45) is 0 Å². The lowest BCUT2D eigenvalue weighted by atomic mass is 9.86. The van der Waals surface area contributed by atoms with E-state index in [1.54, 1.807) is 11.0 Å². The van der Waals surface area contributed by atoms with Crippen molar-refractivity contribution in [2.75, 3.05) is 11.5 Å². The number of hydrogen-bond donors (Lipinski definition) is 0. The molecule has 1 aromatic heterocycles. The van der Waals surface area contributed by atoms with Gasteiger partial charge >= 0.3 is 0 Å². The summed E-state index contributed by atoms with van der Waals surface area (Å²) in [6, 6.07) is 12.4. The summed E-state index contributed by atoms with van der Waals surface area (Å²) < 4.78 is 30.3. The summed E-state index contributed by atoms with van der Waals surface area (Å²) in [6.45, 7) is 10.4. The van der Waals surface area contributed by atoms with E-state index in [-0.39, 0.29) is 34.7 Å². The molecule has 6 nitrogen and oxygen atoms in total. The summed E-state index contributed by atoms with van der Waals surface area (Å²) in [6.07, 6.45) is 0.365. The van der Waals surface area contributed by atoms with Crippen molar-refractivity contribution < 1.29 is 17.6 Å². The number of carbonyl (C=O) groups is 1. The van der Waals surface area contributed by atoms with Crippen molar-refractivity contribution in [3.05, 3.63) is 80.7 Å². The highest BCUT2D eigenvalue weighted by molar-refractivity contribution is 7.91. The number of rotatable bonds is 4. The zero-order chi connectivity index (χ0) is 24.8. The van der Waals surface area contributed by atoms with Crippen molar-refractivity contribution in [1.82, 2.24) is 4.90 Å². The number of carbonyl (C=O) groups excluding carboxylic acids is 1. The molecule has 1 amide bonds. The predicted molar refractivity (Wildman–Crippen MR) is 134 cm³/mol. The van der Waals surface area contributed by atoms with Crippen molar-refractivity contribution in [3.63, 3.8) is 0 Å². The lowest BCUT2D eigenvalue weighted by Crippen LogP contribution is -2.41. The van der Waals surface area contributed by atoms with Crippen LogP contribution in [-0.4, -0.2) is 36.8 Å². The molecule has 3 aromatic rings. The number of hydrogen-bond acceptors (Lipinski definition) is 5. The van der Waals surface area contributed by atoms with E-state index in [2.05, 4.69) is 20.8 Å². The Balaban J connectivity index is 1.73. The van der Waals surface area contributed by atoms with E-state index in [1.807, 2.05) is 44.2 Å². The molecule has 0 radical (unpaired) electrons. The Morgan fingerprint density at radius 3 is 2.35 bits per heavy atom. The van der Waals surface area contributed by atoms with E-state index in [0.717, 1.165) is 16.7 Å². The van der Waals surface area contributed by atoms with Gasteiger partial charge in [-0.1, -0.05) is 51.1 Å². The molecule has 0 spiro atoms. The second-order valence-electron chi connectivity index (χ2n) is 10.4. The van der Waals surface area contributed by atoms with Crippen LogP contribution in [0.15, 0.2) is 51.7 Å². The Labute approximate surface area is 200 Å². The Bertz CT molecular complexity index is 1410. The molecule has 0 bridgehead atoms. The molecule has 7 heteroatoms. The highest BCUT2D eigenvalue weighted by Gasteiger charge is 2.36. The maximum absolute atomic E-state index is 13.6. The summed E-state index contributed by atoms with van der Waals surface area (Å²) in [4.78, 5) is 28.0. The zero-order valence-electron chi connectivity index (χ0n) is 20.3. The third-order valence-corrected chi connectivity index (χ3v) is 8.22. The van der Waals surface area contributed by atoms with Crippen LogP contribution >= 0.6 is 0 Å². The maximum Gasteiger partial charge on any atom is 0.290 e. The predicted octanol–water partition coefficient (Wildman–Crippen LogP) is 4.54. The summed E-state index contributed by atoms with van der Waals surface area (Å²) in [5.74, 6) is -0.586. The normalized spacial score (nSPS) is 17.7. The van der Waals surface area contributed by atoms with Gasteiger partial charge in [0.05, 0.1) is 16.9 Å². The lowest BCUT2D eigenvalue weighted by molar-refractivity contribution is 0.0648. The molecule has 180 valence electrons. The molecule has 1 fully saturated rings. The average molecular weight is 482 g/mol. The molecule has 2 heterocycles. The lowest BCUT2D eigenvalue weighted by Gasteiger charge is -2.28. The summed E-state index contributed by atoms with van der Waals surface area (Å²) >= 11 is 0. The Kier molecular flexibility index (Phi) is 6.19. The van der Waals surface area contributed by atoms with Crippen molar-refractivity contribution in [2.45, 2.75) is 59.0 Å². The fraction of sp³-hybridized carbons (Fsp3) is 0.407. The Hall–Kier alpha value is -2.93. The number of amides is 1. The standard InChI is InChI=1S/C27H31NO5S/c1-17-12-18(2)25-22(29)14-24(33-23(25)13-17)26(30)28(21-10-11-34(31,32)16-21)15-19-6-8-20(9-7-19)27(3,4)5/h6-9,12-14,21H,10-11,15-16H2,1-5H3/t21-/m0/s1. The van der Waals surface area contributed by atoms with Crippen molar-refractivity contribution in [1.29, 1.82) is 0 Å². The van der Waals surface area contributed by atoms with Crippen LogP contribution in [0.5, 0.6) is 0 Å². The highest BCUT2D eigenvalue weighted by Crippen LogP contribution is 2.26. The first-order chi connectivity index (χ1) is 15.8. The van der Waals surface area contributed by atoms with Crippen LogP contribution in [0.25, 0.3) is 11.0 Å². The van der Waals surface area contributed by atoms with E-state index >= 15 is 0 Å². The van der Waals surface area contributed by atoms with Gasteiger partial charge in [-0.15, -0.1) is 0 Å². The average Bonchev–Trinajstić information content (AvgIpc) is 3.09. The molecule has 2 aromatic carbocycles. The molecule has 0 unspecified atom stereocenters. The minimum absolute atomic E-state index is 0.00166. The fourth-order valence-corrected chi connectivity index (χ4v) is 6.34. The maximum atomic E-state index is 13.6. The van der Waals surface area contributed by atoms with Crippen LogP contribution in [0, 0.1) is 13.8 Å². The zero-order valence-corrected chi connectivity index (χ0v) is 21.2.